The Kier molecular flexibility index (Phi) is 4.58. The summed E-state index contributed by atoms with van der Waals surface area (Å²) in [5.74, 6) is 0.821. The van der Waals surface area contributed by atoms with Crippen LogP contribution in [-0.2, 0) is 0 Å². The summed E-state index contributed by atoms with van der Waals surface area (Å²) in [6, 6.07) is 0.514. The van der Waals surface area contributed by atoms with Gasteiger partial charge in [-0.2, -0.15) is 9.97 Å². The third-order valence-electron chi connectivity index (χ3n) is 4.19. The van der Waals surface area contributed by atoms with E-state index < -0.39 is 0 Å². The van der Waals surface area contributed by atoms with E-state index in [0.29, 0.717) is 11.7 Å². The van der Waals surface area contributed by atoms with Crippen molar-refractivity contribution in [3.05, 3.63) is 11.6 Å². The number of nitrogens with one attached hydrogen (secondary N) is 1. The number of hydrogen-bond acceptors (Lipinski definition) is 4. The standard InChI is InChI=1S/C15H22ClN5/c1-2-3-9-17-13-12-14(20-15(16)19-13)18-10-21(12)11-7-5-4-6-8-11/h10-11H,2-9H2,1H3,(H,17,19,20). The molecule has 1 saturated carbocycles. The van der Waals surface area contributed by atoms with Gasteiger partial charge in [-0.15, -0.1) is 0 Å². The third-order valence-corrected chi connectivity index (χ3v) is 4.36. The van der Waals surface area contributed by atoms with Gasteiger partial charge >= 0.3 is 0 Å². The van der Waals surface area contributed by atoms with Gasteiger partial charge in [0.1, 0.15) is 5.52 Å². The topological polar surface area (TPSA) is 55.6 Å². The Balaban J connectivity index is 1.96. The van der Waals surface area contributed by atoms with E-state index in [1.807, 2.05) is 6.33 Å². The van der Waals surface area contributed by atoms with Crippen molar-refractivity contribution in [1.82, 2.24) is 19.5 Å². The number of hydrogen-bond donors (Lipinski definition) is 1. The molecule has 5 nitrogen and oxygen atoms in total. The van der Waals surface area contributed by atoms with Gasteiger partial charge in [0, 0.05) is 12.6 Å². The Morgan fingerprint density at radius 2 is 2.10 bits per heavy atom. The summed E-state index contributed by atoms with van der Waals surface area (Å²) in [6.45, 7) is 3.07. The molecule has 0 atom stereocenters. The summed E-state index contributed by atoms with van der Waals surface area (Å²) in [6.07, 6.45) is 10.5. The number of anilines is 1. The summed E-state index contributed by atoms with van der Waals surface area (Å²) < 4.78 is 2.25. The van der Waals surface area contributed by atoms with Crippen LogP contribution >= 0.6 is 11.6 Å². The second-order valence-electron chi connectivity index (χ2n) is 5.74. The molecule has 1 N–H and O–H groups in total. The zero-order valence-corrected chi connectivity index (χ0v) is 13.2. The van der Waals surface area contributed by atoms with Gasteiger partial charge in [0.25, 0.3) is 0 Å². The minimum atomic E-state index is 0.260. The highest BCUT2D eigenvalue weighted by Gasteiger charge is 2.20. The van der Waals surface area contributed by atoms with Crippen molar-refractivity contribution < 1.29 is 0 Å². The molecule has 0 bridgehead atoms. The van der Waals surface area contributed by atoms with Gasteiger partial charge in [0.2, 0.25) is 5.28 Å². The summed E-state index contributed by atoms with van der Waals surface area (Å²) in [5.41, 5.74) is 1.70. The third kappa shape index (κ3) is 3.12. The lowest BCUT2D eigenvalue weighted by molar-refractivity contribution is 0.359. The van der Waals surface area contributed by atoms with E-state index in [4.69, 9.17) is 11.6 Å². The van der Waals surface area contributed by atoms with Crippen molar-refractivity contribution in [2.45, 2.75) is 57.9 Å². The van der Waals surface area contributed by atoms with Crippen molar-refractivity contribution >= 4 is 28.6 Å². The van der Waals surface area contributed by atoms with E-state index in [9.17, 15) is 0 Å². The van der Waals surface area contributed by atoms with E-state index in [1.165, 1.54) is 32.1 Å². The predicted molar refractivity (Wildman–Crippen MR) is 85.9 cm³/mol. The second-order valence-corrected chi connectivity index (χ2v) is 6.08. The van der Waals surface area contributed by atoms with Crippen molar-refractivity contribution in [2.75, 3.05) is 11.9 Å². The number of nitrogens with zero attached hydrogens (tertiary/aromatic N) is 4. The highest BCUT2D eigenvalue weighted by molar-refractivity contribution is 6.28. The summed E-state index contributed by atoms with van der Waals surface area (Å²) >= 11 is 6.02. The molecule has 0 aliphatic heterocycles. The second kappa shape index (κ2) is 6.60. The molecular weight excluding hydrogens is 286 g/mol. The largest absolute Gasteiger partial charge is 0.368 e. The fourth-order valence-corrected chi connectivity index (χ4v) is 3.23. The average molecular weight is 308 g/mol. The highest BCUT2D eigenvalue weighted by Crippen LogP contribution is 2.32. The molecule has 0 unspecified atom stereocenters. The monoisotopic (exact) mass is 307 g/mol. The zero-order valence-electron chi connectivity index (χ0n) is 12.5. The van der Waals surface area contributed by atoms with Gasteiger partial charge in [-0.25, -0.2) is 4.98 Å². The molecule has 1 aliphatic carbocycles. The van der Waals surface area contributed by atoms with Crippen LogP contribution in [0.25, 0.3) is 11.2 Å². The Morgan fingerprint density at radius 1 is 1.29 bits per heavy atom. The Bertz CT molecular complexity index is 603. The van der Waals surface area contributed by atoms with E-state index in [2.05, 4.69) is 31.8 Å². The van der Waals surface area contributed by atoms with Gasteiger partial charge in [0.05, 0.1) is 6.33 Å². The minimum absolute atomic E-state index is 0.260. The van der Waals surface area contributed by atoms with Crippen LogP contribution in [0.3, 0.4) is 0 Å². The zero-order chi connectivity index (χ0) is 14.7. The molecule has 21 heavy (non-hydrogen) atoms. The first-order chi connectivity index (χ1) is 10.3. The van der Waals surface area contributed by atoms with Crippen LogP contribution in [0, 0.1) is 0 Å². The smallest absolute Gasteiger partial charge is 0.226 e. The molecule has 2 aromatic heterocycles. The molecule has 3 rings (SSSR count). The van der Waals surface area contributed by atoms with Crippen molar-refractivity contribution in [1.29, 1.82) is 0 Å². The van der Waals surface area contributed by atoms with Crippen LogP contribution in [0.2, 0.25) is 5.28 Å². The molecule has 114 valence electrons. The predicted octanol–water partition coefficient (Wildman–Crippen LogP) is 4.20. The van der Waals surface area contributed by atoms with Crippen LogP contribution in [0.4, 0.5) is 5.82 Å². The number of halogens is 1. The number of imidazole rings is 1. The lowest BCUT2D eigenvalue weighted by atomic mass is 9.95. The first-order valence-electron chi connectivity index (χ1n) is 7.93. The molecule has 0 amide bonds. The normalized spacial score (nSPS) is 16.5. The Morgan fingerprint density at radius 3 is 2.86 bits per heavy atom. The summed E-state index contributed by atoms with van der Waals surface area (Å²) in [7, 11) is 0. The molecule has 6 heteroatoms. The quantitative estimate of drug-likeness (QED) is 0.664. The molecule has 0 radical (unpaired) electrons. The molecule has 2 aromatic rings. The van der Waals surface area contributed by atoms with Gasteiger partial charge in [-0.1, -0.05) is 32.6 Å². The molecule has 0 saturated heterocycles. The van der Waals surface area contributed by atoms with Crippen LogP contribution in [-0.4, -0.2) is 26.1 Å². The van der Waals surface area contributed by atoms with Gasteiger partial charge < -0.3 is 9.88 Å². The SMILES string of the molecule is CCCCNc1nc(Cl)nc2ncn(C3CCCCC3)c12. The summed E-state index contributed by atoms with van der Waals surface area (Å²) in [5, 5.41) is 3.66. The van der Waals surface area contributed by atoms with Crippen LogP contribution in [0.1, 0.15) is 57.9 Å². The average Bonchev–Trinajstić information content (AvgIpc) is 2.92. The van der Waals surface area contributed by atoms with Crippen LogP contribution < -0.4 is 5.32 Å². The maximum Gasteiger partial charge on any atom is 0.226 e. The number of aromatic nitrogens is 4. The molecule has 0 spiro atoms. The summed E-state index contributed by atoms with van der Waals surface area (Å²) in [4.78, 5) is 13.1. The fourth-order valence-electron chi connectivity index (χ4n) is 3.06. The van der Waals surface area contributed by atoms with E-state index >= 15 is 0 Å². The van der Waals surface area contributed by atoms with E-state index in [1.54, 1.807) is 0 Å². The molecule has 1 fully saturated rings. The van der Waals surface area contributed by atoms with Crippen molar-refractivity contribution in [2.24, 2.45) is 0 Å². The van der Waals surface area contributed by atoms with Crippen LogP contribution in [0.5, 0.6) is 0 Å². The highest BCUT2D eigenvalue weighted by atomic mass is 35.5. The number of rotatable bonds is 5. The first-order valence-corrected chi connectivity index (χ1v) is 8.31. The minimum Gasteiger partial charge on any atom is -0.368 e. The first kappa shape index (κ1) is 14.6. The van der Waals surface area contributed by atoms with Crippen molar-refractivity contribution in [3.8, 4) is 0 Å². The number of fused-ring (bicyclic) bond motifs is 1. The van der Waals surface area contributed by atoms with Gasteiger partial charge in [0.15, 0.2) is 11.5 Å². The van der Waals surface area contributed by atoms with E-state index in [0.717, 1.165) is 30.7 Å². The lowest BCUT2D eigenvalue weighted by Gasteiger charge is -2.24. The van der Waals surface area contributed by atoms with Crippen molar-refractivity contribution in [3.63, 3.8) is 0 Å². The maximum atomic E-state index is 6.02. The lowest BCUT2D eigenvalue weighted by Crippen LogP contribution is -2.13. The van der Waals surface area contributed by atoms with Gasteiger partial charge in [-0.05, 0) is 30.9 Å². The van der Waals surface area contributed by atoms with Crippen LogP contribution in [0.15, 0.2) is 6.33 Å². The molecule has 0 aromatic carbocycles. The van der Waals surface area contributed by atoms with E-state index in [-0.39, 0.29) is 5.28 Å². The number of unbranched alkanes of at least 4 members (excludes halogenated alkanes) is 1. The molecular formula is C15H22ClN5. The fraction of sp³-hybridized carbons (Fsp3) is 0.667. The Hall–Kier alpha value is -1.36. The van der Waals surface area contributed by atoms with Gasteiger partial charge in [-0.3, -0.25) is 0 Å². The molecule has 2 heterocycles. The maximum absolute atomic E-state index is 6.02. The Labute approximate surface area is 130 Å². The molecule has 1 aliphatic rings.